The number of benzene rings is 2. The largest absolute Gasteiger partial charge is 0.315 e. The summed E-state index contributed by atoms with van der Waals surface area (Å²) in [5.41, 5.74) is 4.59. The highest BCUT2D eigenvalue weighted by Crippen LogP contribution is 2.39. The minimum atomic E-state index is -0.0747. The first-order valence-corrected chi connectivity index (χ1v) is 7.48. The number of carbonyl (C=O) groups is 1. The zero-order valence-electron chi connectivity index (χ0n) is 11.6. The molecule has 0 fully saturated rings. The Morgan fingerprint density at radius 3 is 2.75 bits per heavy atom. The zero-order valence-corrected chi connectivity index (χ0v) is 13.1. The molecule has 1 atom stereocenters. The molecule has 0 N–H and O–H groups in total. The predicted molar refractivity (Wildman–Crippen MR) is 85.2 cm³/mol. The molecule has 1 heterocycles. The van der Waals surface area contributed by atoms with E-state index in [-0.39, 0.29) is 11.8 Å². The highest BCUT2D eigenvalue weighted by molar-refractivity contribution is 9.10. The van der Waals surface area contributed by atoms with Crippen LogP contribution in [0.5, 0.6) is 0 Å². The summed E-state index contributed by atoms with van der Waals surface area (Å²) < 4.78 is 1.02. The van der Waals surface area contributed by atoms with Crippen LogP contribution < -0.4 is 4.90 Å². The van der Waals surface area contributed by atoms with Crippen molar-refractivity contribution in [1.29, 1.82) is 0 Å². The van der Waals surface area contributed by atoms with Crippen LogP contribution in [0.2, 0.25) is 0 Å². The SMILES string of the molecule is Cc1cccc(C[C@@H]2C(=O)N(C)c3ccc(Br)cc32)c1. The minimum absolute atomic E-state index is 0.0747. The Morgan fingerprint density at radius 1 is 1.20 bits per heavy atom. The molecular weight excluding hydrogens is 314 g/mol. The predicted octanol–water partition coefficient (Wildman–Crippen LogP) is 4.06. The highest BCUT2D eigenvalue weighted by Gasteiger charge is 2.35. The molecule has 20 heavy (non-hydrogen) atoms. The van der Waals surface area contributed by atoms with Crippen molar-refractivity contribution in [3.05, 3.63) is 63.6 Å². The summed E-state index contributed by atoms with van der Waals surface area (Å²) in [6.45, 7) is 2.08. The summed E-state index contributed by atoms with van der Waals surface area (Å²) in [5.74, 6) is 0.105. The summed E-state index contributed by atoms with van der Waals surface area (Å²) in [4.78, 5) is 14.2. The summed E-state index contributed by atoms with van der Waals surface area (Å²) in [6.07, 6.45) is 0.758. The Labute approximate surface area is 127 Å². The average Bonchev–Trinajstić information content (AvgIpc) is 2.64. The van der Waals surface area contributed by atoms with Gasteiger partial charge < -0.3 is 4.90 Å². The molecule has 0 radical (unpaired) electrons. The lowest BCUT2D eigenvalue weighted by molar-refractivity contribution is -0.119. The van der Waals surface area contributed by atoms with Gasteiger partial charge in [0.15, 0.2) is 0 Å². The normalized spacial score (nSPS) is 17.4. The van der Waals surface area contributed by atoms with E-state index in [0.717, 1.165) is 22.1 Å². The van der Waals surface area contributed by atoms with Crippen LogP contribution in [0.15, 0.2) is 46.9 Å². The van der Waals surface area contributed by atoms with Gasteiger partial charge in [0, 0.05) is 17.2 Å². The third kappa shape index (κ3) is 2.27. The van der Waals surface area contributed by atoms with Gasteiger partial charge in [-0.3, -0.25) is 4.79 Å². The van der Waals surface area contributed by atoms with Crippen molar-refractivity contribution in [3.8, 4) is 0 Å². The number of amides is 1. The van der Waals surface area contributed by atoms with E-state index >= 15 is 0 Å². The molecule has 102 valence electrons. The van der Waals surface area contributed by atoms with Gasteiger partial charge in [0.05, 0.1) is 5.92 Å². The van der Waals surface area contributed by atoms with Gasteiger partial charge in [-0.15, -0.1) is 0 Å². The van der Waals surface area contributed by atoms with Gasteiger partial charge in [-0.1, -0.05) is 45.8 Å². The monoisotopic (exact) mass is 329 g/mol. The molecule has 1 aliphatic heterocycles. The number of likely N-dealkylation sites (N-methyl/N-ethyl adjacent to an activating group) is 1. The second kappa shape index (κ2) is 5.06. The van der Waals surface area contributed by atoms with Gasteiger partial charge in [0.1, 0.15) is 0 Å². The summed E-state index contributed by atoms with van der Waals surface area (Å²) in [6, 6.07) is 14.4. The van der Waals surface area contributed by atoms with E-state index in [4.69, 9.17) is 0 Å². The van der Waals surface area contributed by atoms with E-state index in [1.165, 1.54) is 11.1 Å². The molecule has 0 saturated heterocycles. The minimum Gasteiger partial charge on any atom is -0.315 e. The second-order valence-corrected chi connectivity index (χ2v) is 6.26. The fourth-order valence-electron chi connectivity index (χ4n) is 2.87. The number of hydrogen-bond acceptors (Lipinski definition) is 1. The molecule has 1 amide bonds. The summed E-state index contributed by atoms with van der Waals surface area (Å²) in [7, 11) is 1.85. The summed E-state index contributed by atoms with van der Waals surface area (Å²) >= 11 is 3.50. The molecule has 3 heteroatoms. The van der Waals surface area contributed by atoms with Crippen molar-refractivity contribution >= 4 is 27.5 Å². The van der Waals surface area contributed by atoms with Crippen LogP contribution in [0.3, 0.4) is 0 Å². The van der Waals surface area contributed by atoms with Crippen molar-refractivity contribution in [3.63, 3.8) is 0 Å². The molecule has 0 aliphatic carbocycles. The van der Waals surface area contributed by atoms with E-state index in [0.29, 0.717) is 0 Å². The van der Waals surface area contributed by atoms with Crippen LogP contribution >= 0.6 is 15.9 Å². The van der Waals surface area contributed by atoms with Crippen molar-refractivity contribution < 1.29 is 4.79 Å². The number of fused-ring (bicyclic) bond motifs is 1. The first kappa shape index (κ1) is 13.4. The number of halogens is 1. The Kier molecular flexibility index (Phi) is 3.38. The van der Waals surface area contributed by atoms with Gasteiger partial charge in [0.2, 0.25) is 5.91 Å². The lowest BCUT2D eigenvalue weighted by Crippen LogP contribution is -2.24. The number of anilines is 1. The van der Waals surface area contributed by atoms with Gasteiger partial charge in [-0.2, -0.15) is 0 Å². The molecule has 2 aromatic carbocycles. The first-order valence-electron chi connectivity index (χ1n) is 6.69. The van der Waals surface area contributed by atoms with Crippen LogP contribution in [0.25, 0.3) is 0 Å². The second-order valence-electron chi connectivity index (χ2n) is 5.35. The number of nitrogens with zero attached hydrogens (tertiary/aromatic N) is 1. The molecule has 0 spiro atoms. The summed E-state index contributed by atoms with van der Waals surface area (Å²) in [5, 5.41) is 0. The van der Waals surface area contributed by atoms with Gasteiger partial charge >= 0.3 is 0 Å². The van der Waals surface area contributed by atoms with Crippen molar-refractivity contribution in [2.45, 2.75) is 19.3 Å². The lowest BCUT2D eigenvalue weighted by Gasteiger charge is -2.11. The van der Waals surface area contributed by atoms with Gasteiger partial charge in [-0.25, -0.2) is 0 Å². The van der Waals surface area contributed by atoms with Crippen LogP contribution in [0.4, 0.5) is 5.69 Å². The third-order valence-electron chi connectivity index (χ3n) is 3.88. The number of rotatable bonds is 2. The number of aryl methyl sites for hydroxylation is 1. The Morgan fingerprint density at radius 2 is 2.00 bits per heavy atom. The van der Waals surface area contributed by atoms with Crippen molar-refractivity contribution in [2.75, 3.05) is 11.9 Å². The molecule has 2 nitrogen and oxygen atoms in total. The molecular formula is C17H16BrNO. The lowest BCUT2D eigenvalue weighted by atomic mass is 9.93. The third-order valence-corrected chi connectivity index (χ3v) is 4.37. The van der Waals surface area contributed by atoms with E-state index in [2.05, 4.69) is 53.2 Å². The first-order chi connectivity index (χ1) is 9.56. The van der Waals surface area contributed by atoms with Crippen LogP contribution in [0.1, 0.15) is 22.6 Å². The van der Waals surface area contributed by atoms with Gasteiger partial charge in [0.25, 0.3) is 0 Å². The maximum Gasteiger partial charge on any atom is 0.234 e. The maximum absolute atomic E-state index is 12.5. The van der Waals surface area contributed by atoms with E-state index < -0.39 is 0 Å². The molecule has 2 aromatic rings. The molecule has 0 bridgehead atoms. The zero-order chi connectivity index (χ0) is 14.3. The number of carbonyl (C=O) groups excluding carboxylic acids is 1. The van der Waals surface area contributed by atoms with E-state index in [1.807, 2.05) is 19.2 Å². The molecule has 0 unspecified atom stereocenters. The van der Waals surface area contributed by atoms with E-state index in [1.54, 1.807) is 4.90 Å². The maximum atomic E-state index is 12.5. The highest BCUT2D eigenvalue weighted by atomic mass is 79.9. The Balaban J connectivity index is 1.98. The van der Waals surface area contributed by atoms with Crippen LogP contribution in [-0.4, -0.2) is 13.0 Å². The van der Waals surface area contributed by atoms with Crippen LogP contribution in [0, 0.1) is 6.92 Å². The molecule has 1 aliphatic rings. The Hall–Kier alpha value is -1.61. The molecule has 0 aromatic heterocycles. The average molecular weight is 330 g/mol. The number of hydrogen-bond donors (Lipinski definition) is 0. The van der Waals surface area contributed by atoms with Crippen LogP contribution in [-0.2, 0) is 11.2 Å². The molecule has 3 rings (SSSR count). The fourth-order valence-corrected chi connectivity index (χ4v) is 3.25. The standard InChI is InChI=1S/C17H16BrNO/c1-11-4-3-5-12(8-11)9-15-14-10-13(18)6-7-16(14)19(2)17(15)20/h3-8,10,15H,9H2,1-2H3/t15-/m0/s1. The van der Waals surface area contributed by atoms with Crippen molar-refractivity contribution in [2.24, 2.45) is 0 Å². The van der Waals surface area contributed by atoms with Crippen molar-refractivity contribution in [1.82, 2.24) is 0 Å². The fraction of sp³-hybridized carbons (Fsp3) is 0.235. The van der Waals surface area contributed by atoms with Gasteiger partial charge in [-0.05, 0) is 42.7 Å². The van der Waals surface area contributed by atoms with E-state index in [9.17, 15) is 4.79 Å². The smallest absolute Gasteiger partial charge is 0.234 e. The Bertz CT molecular complexity index is 680. The topological polar surface area (TPSA) is 20.3 Å². The quantitative estimate of drug-likeness (QED) is 0.813. The molecule has 0 saturated carbocycles.